The predicted octanol–water partition coefficient (Wildman–Crippen LogP) is 3.44. The molecule has 96 valence electrons. The van der Waals surface area contributed by atoms with Crippen molar-refractivity contribution in [2.75, 3.05) is 13.1 Å². The number of para-hydroxylation sites is 1. The highest BCUT2D eigenvalue weighted by atomic mass is 15.0. The van der Waals surface area contributed by atoms with Gasteiger partial charge in [0.1, 0.15) is 0 Å². The van der Waals surface area contributed by atoms with Crippen LogP contribution in [0.1, 0.15) is 36.9 Å². The Bertz CT molecular complexity index is 547. The third-order valence-electron chi connectivity index (χ3n) is 4.27. The maximum atomic E-state index is 3.54. The smallest absolute Gasteiger partial charge is 0.0485 e. The number of hydrogen-bond donors (Lipinski definition) is 1. The van der Waals surface area contributed by atoms with Crippen LogP contribution >= 0.6 is 0 Å². The zero-order valence-corrected chi connectivity index (χ0v) is 11.4. The van der Waals surface area contributed by atoms with Crippen molar-refractivity contribution < 1.29 is 0 Å². The molecule has 2 aromatic rings. The van der Waals surface area contributed by atoms with Gasteiger partial charge < -0.3 is 9.88 Å². The molecule has 1 saturated heterocycles. The Morgan fingerprint density at radius 1 is 1.33 bits per heavy atom. The first-order valence-corrected chi connectivity index (χ1v) is 7.11. The monoisotopic (exact) mass is 242 g/mol. The Labute approximate surface area is 109 Å². The summed E-state index contributed by atoms with van der Waals surface area (Å²) in [5.41, 5.74) is 4.45. The molecule has 0 saturated carbocycles. The molecule has 1 aliphatic heterocycles. The molecule has 18 heavy (non-hydrogen) atoms. The molecule has 1 aromatic heterocycles. The molecule has 1 N–H and O–H groups in total. The van der Waals surface area contributed by atoms with Gasteiger partial charge in [-0.2, -0.15) is 0 Å². The van der Waals surface area contributed by atoms with E-state index in [0.29, 0.717) is 5.92 Å². The van der Waals surface area contributed by atoms with Crippen molar-refractivity contribution in [1.29, 1.82) is 0 Å². The molecule has 1 fully saturated rings. The lowest BCUT2D eigenvalue weighted by molar-refractivity contribution is 0.443. The Morgan fingerprint density at radius 2 is 2.17 bits per heavy atom. The Kier molecular flexibility index (Phi) is 3.13. The minimum atomic E-state index is 0.686. The number of nitrogens with one attached hydrogen (secondary N) is 1. The minimum absolute atomic E-state index is 0.686. The minimum Gasteiger partial charge on any atom is -0.344 e. The molecule has 0 spiro atoms. The van der Waals surface area contributed by atoms with E-state index in [2.05, 4.69) is 48.0 Å². The van der Waals surface area contributed by atoms with Crippen LogP contribution < -0.4 is 5.32 Å². The summed E-state index contributed by atoms with van der Waals surface area (Å²) >= 11 is 0. The van der Waals surface area contributed by atoms with Crippen LogP contribution in [0.3, 0.4) is 0 Å². The first-order valence-electron chi connectivity index (χ1n) is 7.11. The van der Waals surface area contributed by atoms with Crippen LogP contribution in [-0.4, -0.2) is 17.7 Å². The van der Waals surface area contributed by atoms with Crippen molar-refractivity contribution in [1.82, 2.24) is 9.88 Å². The molecule has 2 nitrogen and oxygen atoms in total. The number of aryl methyl sites for hydroxylation is 2. The van der Waals surface area contributed by atoms with Gasteiger partial charge in [-0.25, -0.2) is 0 Å². The van der Waals surface area contributed by atoms with Gasteiger partial charge in [0.25, 0.3) is 0 Å². The Balaban J connectivity index is 2.17. The average molecular weight is 242 g/mol. The third kappa shape index (κ3) is 1.76. The van der Waals surface area contributed by atoms with Crippen molar-refractivity contribution >= 4 is 10.9 Å². The highest BCUT2D eigenvalue weighted by Crippen LogP contribution is 2.33. The van der Waals surface area contributed by atoms with E-state index >= 15 is 0 Å². The number of fused-ring (bicyclic) bond motifs is 1. The Hall–Kier alpha value is -1.28. The van der Waals surface area contributed by atoms with Gasteiger partial charge in [-0.3, -0.25) is 0 Å². The summed E-state index contributed by atoms with van der Waals surface area (Å²) in [6.07, 6.45) is 2.62. The van der Waals surface area contributed by atoms with Crippen LogP contribution in [0.2, 0.25) is 0 Å². The summed E-state index contributed by atoms with van der Waals surface area (Å²) in [6, 6.07) is 8.82. The van der Waals surface area contributed by atoms with E-state index in [-0.39, 0.29) is 0 Å². The van der Waals surface area contributed by atoms with E-state index in [1.807, 2.05) is 0 Å². The van der Waals surface area contributed by atoms with Crippen molar-refractivity contribution in [2.24, 2.45) is 0 Å². The average Bonchev–Trinajstić information content (AvgIpc) is 2.73. The highest BCUT2D eigenvalue weighted by Gasteiger charge is 2.22. The molecule has 0 bridgehead atoms. The quantitative estimate of drug-likeness (QED) is 0.853. The van der Waals surface area contributed by atoms with Crippen molar-refractivity contribution in [3.63, 3.8) is 0 Å². The molecule has 1 aliphatic rings. The standard InChI is InChI=1S/C16H22N2/c1-3-18-15-9-5-4-8-14(15)12(2)16(18)13-7-6-10-17-11-13/h4-5,8-9,13,17H,3,6-7,10-11H2,1-2H3. The van der Waals surface area contributed by atoms with Crippen LogP contribution in [0.25, 0.3) is 10.9 Å². The van der Waals surface area contributed by atoms with Crippen LogP contribution in [0.4, 0.5) is 0 Å². The summed E-state index contributed by atoms with van der Waals surface area (Å²) in [5.74, 6) is 0.686. The first kappa shape index (κ1) is 11.8. The Morgan fingerprint density at radius 3 is 2.89 bits per heavy atom. The number of piperidine rings is 1. The predicted molar refractivity (Wildman–Crippen MR) is 77.2 cm³/mol. The molecular weight excluding hydrogens is 220 g/mol. The SMILES string of the molecule is CCn1c(C2CCCNC2)c(C)c2ccccc21. The first-order chi connectivity index (χ1) is 8.83. The van der Waals surface area contributed by atoms with Gasteiger partial charge in [0.2, 0.25) is 0 Å². The summed E-state index contributed by atoms with van der Waals surface area (Å²) in [4.78, 5) is 0. The number of benzene rings is 1. The van der Waals surface area contributed by atoms with Crippen molar-refractivity contribution in [2.45, 2.75) is 39.2 Å². The second-order valence-electron chi connectivity index (χ2n) is 5.31. The number of hydrogen-bond acceptors (Lipinski definition) is 1. The second kappa shape index (κ2) is 4.77. The largest absolute Gasteiger partial charge is 0.344 e. The van der Waals surface area contributed by atoms with Crippen LogP contribution in [0, 0.1) is 6.92 Å². The summed E-state index contributed by atoms with van der Waals surface area (Å²) < 4.78 is 2.52. The van der Waals surface area contributed by atoms with Gasteiger partial charge in [0.05, 0.1) is 0 Å². The summed E-state index contributed by atoms with van der Waals surface area (Å²) in [7, 11) is 0. The number of aromatic nitrogens is 1. The van der Waals surface area contributed by atoms with E-state index in [1.165, 1.54) is 35.9 Å². The van der Waals surface area contributed by atoms with Gasteiger partial charge in [-0.15, -0.1) is 0 Å². The van der Waals surface area contributed by atoms with E-state index in [4.69, 9.17) is 0 Å². The fourth-order valence-corrected chi connectivity index (χ4v) is 3.45. The van der Waals surface area contributed by atoms with E-state index < -0.39 is 0 Å². The lowest BCUT2D eigenvalue weighted by Crippen LogP contribution is -2.29. The van der Waals surface area contributed by atoms with E-state index in [9.17, 15) is 0 Å². The van der Waals surface area contributed by atoms with Gasteiger partial charge in [-0.05, 0) is 44.9 Å². The zero-order chi connectivity index (χ0) is 12.5. The lowest BCUT2D eigenvalue weighted by atomic mass is 9.93. The lowest BCUT2D eigenvalue weighted by Gasteiger charge is -2.25. The second-order valence-corrected chi connectivity index (χ2v) is 5.31. The van der Waals surface area contributed by atoms with Crippen molar-refractivity contribution in [3.05, 3.63) is 35.5 Å². The van der Waals surface area contributed by atoms with E-state index in [1.54, 1.807) is 5.69 Å². The highest BCUT2D eigenvalue weighted by molar-refractivity contribution is 5.85. The zero-order valence-electron chi connectivity index (χ0n) is 11.4. The molecular formula is C16H22N2. The van der Waals surface area contributed by atoms with Crippen LogP contribution in [0.15, 0.2) is 24.3 Å². The van der Waals surface area contributed by atoms with Crippen LogP contribution in [-0.2, 0) is 6.54 Å². The maximum Gasteiger partial charge on any atom is 0.0485 e. The normalized spacial score (nSPS) is 20.4. The van der Waals surface area contributed by atoms with Gasteiger partial charge in [0, 0.05) is 35.6 Å². The van der Waals surface area contributed by atoms with Crippen LogP contribution in [0.5, 0.6) is 0 Å². The van der Waals surface area contributed by atoms with Gasteiger partial charge >= 0.3 is 0 Å². The molecule has 3 rings (SSSR count). The molecule has 0 radical (unpaired) electrons. The third-order valence-corrected chi connectivity index (χ3v) is 4.27. The topological polar surface area (TPSA) is 17.0 Å². The number of rotatable bonds is 2. The van der Waals surface area contributed by atoms with Gasteiger partial charge in [-0.1, -0.05) is 18.2 Å². The molecule has 1 unspecified atom stereocenters. The molecule has 0 amide bonds. The molecule has 2 heteroatoms. The molecule has 1 aromatic carbocycles. The summed E-state index contributed by atoms with van der Waals surface area (Å²) in [5, 5.41) is 4.97. The summed E-state index contributed by atoms with van der Waals surface area (Å²) in [6.45, 7) is 7.93. The number of nitrogens with zero attached hydrogens (tertiary/aromatic N) is 1. The van der Waals surface area contributed by atoms with Crippen molar-refractivity contribution in [3.8, 4) is 0 Å². The molecule has 1 atom stereocenters. The fourth-order valence-electron chi connectivity index (χ4n) is 3.45. The molecule has 2 heterocycles. The fraction of sp³-hybridized carbons (Fsp3) is 0.500. The maximum absolute atomic E-state index is 3.54. The molecule has 0 aliphatic carbocycles. The van der Waals surface area contributed by atoms with E-state index in [0.717, 1.165) is 13.1 Å². The van der Waals surface area contributed by atoms with Gasteiger partial charge in [0.15, 0.2) is 0 Å².